The molecule has 3 aromatic rings. The fourth-order valence-electron chi connectivity index (χ4n) is 3.52. The van der Waals surface area contributed by atoms with Gasteiger partial charge in [-0.15, -0.1) is 0 Å². The van der Waals surface area contributed by atoms with E-state index < -0.39 is 0 Å². The lowest BCUT2D eigenvalue weighted by Gasteiger charge is -2.14. The van der Waals surface area contributed by atoms with Crippen molar-refractivity contribution in [2.45, 2.75) is 46.5 Å². The second-order valence-electron chi connectivity index (χ2n) is 8.27. The molecule has 32 heavy (non-hydrogen) atoms. The number of benzene rings is 3. The van der Waals surface area contributed by atoms with Gasteiger partial charge < -0.3 is 0 Å². The Kier molecular flexibility index (Phi) is 9.17. The van der Waals surface area contributed by atoms with E-state index in [0.717, 1.165) is 47.8 Å². The van der Waals surface area contributed by atoms with Gasteiger partial charge in [-0.1, -0.05) is 79.4 Å². The lowest BCUT2D eigenvalue weighted by molar-refractivity contribution is 0.638. The molecule has 0 aliphatic rings. The van der Waals surface area contributed by atoms with Crippen molar-refractivity contribution in [3.05, 3.63) is 114 Å². The van der Waals surface area contributed by atoms with Crippen LogP contribution in [0.15, 0.2) is 85.5 Å². The van der Waals surface area contributed by atoms with Crippen LogP contribution in [0, 0.1) is 24.1 Å². The van der Waals surface area contributed by atoms with Crippen LogP contribution in [-0.4, -0.2) is 0 Å². The summed E-state index contributed by atoms with van der Waals surface area (Å²) in [5.41, 5.74) is 7.00. The largest absolute Gasteiger partial charge is 0.206 e. The normalized spacial score (nSPS) is 10.1. The number of nitriles is 1. The van der Waals surface area contributed by atoms with E-state index in [4.69, 9.17) is 5.26 Å². The molecule has 0 aromatic heterocycles. The van der Waals surface area contributed by atoms with Crippen LogP contribution in [0.1, 0.15) is 48.9 Å². The standard InChI is InChI=1S/C24H25F.C6H7N/c1-17(2)23-16-24(25)22-11-7-6-9-20(22)21(23)10-5-4-8-19-14-12-18(3)13-15-19;1-5(2)6(3)4-7/h6-7,9,11-16H,1,4-5,8,10H2,2-3H3;1,3H2,2H3. The highest BCUT2D eigenvalue weighted by Crippen LogP contribution is 2.30. The van der Waals surface area contributed by atoms with Crippen LogP contribution in [0.3, 0.4) is 0 Å². The average Bonchev–Trinajstić information content (AvgIpc) is 2.78. The van der Waals surface area contributed by atoms with E-state index in [9.17, 15) is 4.39 Å². The zero-order chi connectivity index (χ0) is 23.7. The average molecular weight is 426 g/mol. The molecule has 0 fully saturated rings. The van der Waals surface area contributed by atoms with Gasteiger partial charge in [0, 0.05) is 11.0 Å². The van der Waals surface area contributed by atoms with E-state index >= 15 is 0 Å². The lowest BCUT2D eigenvalue weighted by Crippen LogP contribution is -1.98. The van der Waals surface area contributed by atoms with Crippen LogP contribution < -0.4 is 0 Å². The van der Waals surface area contributed by atoms with Crippen molar-refractivity contribution >= 4 is 16.3 Å². The van der Waals surface area contributed by atoms with Crippen molar-refractivity contribution in [3.8, 4) is 6.07 Å². The number of unbranched alkanes of at least 4 members (excludes halogenated alkanes) is 1. The van der Waals surface area contributed by atoms with Gasteiger partial charge in [-0.3, -0.25) is 0 Å². The Bertz CT molecular complexity index is 1160. The molecule has 3 aromatic carbocycles. The first kappa shape index (κ1) is 24.8. The Hall–Kier alpha value is -3.44. The molecule has 0 saturated heterocycles. The molecular weight excluding hydrogens is 393 g/mol. The molecule has 0 N–H and O–H groups in total. The highest BCUT2D eigenvalue weighted by Gasteiger charge is 2.12. The first-order chi connectivity index (χ1) is 15.2. The second kappa shape index (κ2) is 11.8. The quantitative estimate of drug-likeness (QED) is 0.211. The van der Waals surface area contributed by atoms with Gasteiger partial charge in [0.2, 0.25) is 0 Å². The zero-order valence-electron chi connectivity index (χ0n) is 19.5. The number of hydrogen-bond acceptors (Lipinski definition) is 1. The van der Waals surface area contributed by atoms with Crippen LogP contribution in [-0.2, 0) is 12.8 Å². The van der Waals surface area contributed by atoms with Gasteiger partial charge >= 0.3 is 0 Å². The fourth-order valence-corrected chi connectivity index (χ4v) is 3.52. The summed E-state index contributed by atoms with van der Waals surface area (Å²) < 4.78 is 14.4. The Morgan fingerprint density at radius 3 is 2.03 bits per heavy atom. The molecule has 1 nitrogen and oxygen atoms in total. The molecule has 0 heterocycles. The predicted molar refractivity (Wildman–Crippen MR) is 136 cm³/mol. The van der Waals surface area contributed by atoms with Crippen LogP contribution in [0.5, 0.6) is 0 Å². The van der Waals surface area contributed by atoms with Crippen molar-refractivity contribution < 1.29 is 4.39 Å². The number of aryl methyl sites for hydroxylation is 3. The number of allylic oxidation sites excluding steroid dienone is 3. The van der Waals surface area contributed by atoms with Crippen LogP contribution in [0.2, 0.25) is 0 Å². The van der Waals surface area contributed by atoms with Crippen molar-refractivity contribution in [1.82, 2.24) is 0 Å². The highest BCUT2D eigenvalue weighted by atomic mass is 19.1. The summed E-state index contributed by atoms with van der Waals surface area (Å²) in [6.07, 6.45) is 4.25. The summed E-state index contributed by atoms with van der Waals surface area (Å²) in [6, 6.07) is 20.1. The molecule has 0 atom stereocenters. The van der Waals surface area contributed by atoms with E-state index in [1.165, 1.54) is 16.7 Å². The minimum Gasteiger partial charge on any atom is -0.206 e. The highest BCUT2D eigenvalue weighted by molar-refractivity contribution is 5.90. The number of rotatable bonds is 7. The Morgan fingerprint density at radius 1 is 0.906 bits per heavy atom. The van der Waals surface area contributed by atoms with Gasteiger partial charge in [-0.25, -0.2) is 4.39 Å². The van der Waals surface area contributed by atoms with Crippen molar-refractivity contribution in [1.29, 1.82) is 5.26 Å². The summed E-state index contributed by atoms with van der Waals surface area (Å²) in [7, 11) is 0. The van der Waals surface area contributed by atoms with Gasteiger partial charge in [-0.2, -0.15) is 5.26 Å². The van der Waals surface area contributed by atoms with Gasteiger partial charge in [-0.05, 0) is 80.2 Å². The van der Waals surface area contributed by atoms with Gasteiger partial charge in [0.25, 0.3) is 0 Å². The van der Waals surface area contributed by atoms with Gasteiger partial charge in [0.1, 0.15) is 5.82 Å². The Balaban J connectivity index is 0.000000451. The first-order valence-corrected chi connectivity index (χ1v) is 10.9. The Morgan fingerprint density at radius 2 is 1.50 bits per heavy atom. The number of hydrogen-bond donors (Lipinski definition) is 0. The van der Waals surface area contributed by atoms with Crippen LogP contribution >= 0.6 is 0 Å². The first-order valence-electron chi connectivity index (χ1n) is 10.9. The maximum absolute atomic E-state index is 14.4. The van der Waals surface area contributed by atoms with Crippen LogP contribution in [0.4, 0.5) is 4.39 Å². The van der Waals surface area contributed by atoms with E-state index in [1.54, 1.807) is 13.0 Å². The monoisotopic (exact) mass is 425 g/mol. The van der Waals surface area contributed by atoms with E-state index in [2.05, 4.69) is 50.9 Å². The van der Waals surface area contributed by atoms with E-state index in [-0.39, 0.29) is 5.82 Å². The van der Waals surface area contributed by atoms with Crippen molar-refractivity contribution in [2.75, 3.05) is 0 Å². The smallest absolute Gasteiger partial charge is 0.131 e. The molecule has 164 valence electrons. The third kappa shape index (κ3) is 6.79. The topological polar surface area (TPSA) is 23.8 Å². The number of fused-ring (bicyclic) bond motifs is 1. The molecule has 0 aliphatic heterocycles. The van der Waals surface area contributed by atoms with Crippen molar-refractivity contribution in [3.63, 3.8) is 0 Å². The van der Waals surface area contributed by atoms with Crippen LogP contribution in [0.25, 0.3) is 16.3 Å². The maximum atomic E-state index is 14.4. The second-order valence-corrected chi connectivity index (χ2v) is 8.27. The molecular formula is C30H32FN. The summed E-state index contributed by atoms with van der Waals surface area (Å²) in [6.45, 7) is 16.8. The summed E-state index contributed by atoms with van der Waals surface area (Å²) >= 11 is 0. The van der Waals surface area contributed by atoms with Crippen molar-refractivity contribution in [2.24, 2.45) is 0 Å². The molecule has 0 saturated carbocycles. The number of nitrogens with zero attached hydrogens (tertiary/aromatic N) is 1. The minimum absolute atomic E-state index is 0.156. The lowest BCUT2D eigenvalue weighted by atomic mass is 9.91. The maximum Gasteiger partial charge on any atom is 0.131 e. The number of halogens is 1. The molecule has 0 radical (unpaired) electrons. The minimum atomic E-state index is -0.156. The molecule has 0 bridgehead atoms. The molecule has 0 unspecified atom stereocenters. The SMILES string of the molecule is C=C(C)C(=C)C#N.C=C(C)c1cc(F)c2ccccc2c1CCCCc1ccc(C)cc1. The summed E-state index contributed by atoms with van der Waals surface area (Å²) in [4.78, 5) is 0. The predicted octanol–water partition coefficient (Wildman–Crippen LogP) is 8.53. The molecule has 0 amide bonds. The molecule has 3 rings (SSSR count). The summed E-state index contributed by atoms with van der Waals surface area (Å²) in [5, 5.41) is 9.83. The van der Waals surface area contributed by atoms with Gasteiger partial charge in [0.05, 0.1) is 6.07 Å². The summed E-state index contributed by atoms with van der Waals surface area (Å²) in [5.74, 6) is -0.156. The molecule has 0 aliphatic carbocycles. The van der Waals surface area contributed by atoms with E-state index in [1.807, 2.05) is 37.3 Å². The third-order valence-corrected chi connectivity index (χ3v) is 5.48. The zero-order valence-corrected chi connectivity index (χ0v) is 19.5. The molecule has 0 spiro atoms. The molecule has 2 heteroatoms. The van der Waals surface area contributed by atoms with Gasteiger partial charge in [0.15, 0.2) is 0 Å². The fraction of sp³-hybridized carbons (Fsp3) is 0.233. The Labute approximate surface area is 192 Å². The third-order valence-electron chi connectivity index (χ3n) is 5.48. The van der Waals surface area contributed by atoms with E-state index in [0.29, 0.717) is 11.0 Å².